The first kappa shape index (κ1) is 26.0. The standard InChI is InChI=1S/C32H34FNO4/c1-32(2)13-5-8-29(32)26-15-22(34-18-28(26)27-16-23(37-3)11-12-30(27)33)19-38-24-7-4-6-21(14-24)25(17-31(35)36)20-9-10-20/h4,6-8,11-12,14-16,18,20,25H,5,9-10,13,17,19H2,1-3H3,(H,35,36)/t25-/m0/s1. The van der Waals surface area contributed by atoms with E-state index in [9.17, 15) is 9.90 Å². The minimum Gasteiger partial charge on any atom is -0.497 e. The predicted octanol–water partition coefficient (Wildman–Crippen LogP) is 7.65. The van der Waals surface area contributed by atoms with E-state index in [1.54, 1.807) is 25.4 Å². The summed E-state index contributed by atoms with van der Waals surface area (Å²) < 4.78 is 26.5. The second kappa shape index (κ2) is 10.6. The van der Waals surface area contributed by atoms with Gasteiger partial charge < -0.3 is 14.6 Å². The molecule has 2 aliphatic carbocycles. The van der Waals surface area contributed by atoms with Crippen LogP contribution < -0.4 is 9.47 Å². The summed E-state index contributed by atoms with van der Waals surface area (Å²) in [5.74, 6) is 0.615. The van der Waals surface area contributed by atoms with Gasteiger partial charge in [-0.2, -0.15) is 0 Å². The summed E-state index contributed by atoms with van der Waals surface area (Å²) in [5.41, 5.74) is 5.03. The van der Waals surface area contributed by atoms with E-state index in [1.165, 1.54) is 11.6 Å². The zero-order valence-electron chi connectivity index (χ0n) is 22.2. The maximum absolute atomic E-state index is 15.0. The van der Waals surface area contributed by atoms with Crippen molar-refractivity contribution in [2.75, 3.05) is 7.11 Å². The van der Waals surface area contributed by atoms with Gasteiger partial charge >= 0.3 is 5.97 Å². The van der Waals surface area contributed by atoms with E-state index in [-0.39, 0.29) is 30.2 Å². The molecule has 2 aromatic carbocycles. The summed E-state index contributed by atoms with van der Waals surface area (Å²) >= 11 is 0. The van der Waals surface area contributed by atoms with Gasteiger partial charge in [0.2, 0.25) is 0 Å². The second-order valence-corrected chi connectivity index (χ2v) is 11.0. The van der Waals surface area contributed by atoms with E-state index in [1.807, 2.05) is 30.3 Å². The molecule has 5 rings (SSSR count). The number of carboxylic acid groups (broad SMARTS) is 1. The van der Waals surface area contributed by atoms with Crippen LogP contribution in [0, 0.1) is 17.2 Å². The van der Waals surface area contributed by atoms with E-state index >= 15 is 4.39 Å². The van der Waals surface area contributed by atoms with Crippen molar-refractivity contribution in [3.8, 4) is 22.6 Å². The summed E-state index contributed by atoms with van der Waals surface area (Å²) in [5, 5.41) is 9.37. The SMILES string of the molecule is COc1ccc(F)c(-c2cnc(COc3cccc([C@@H](CC(=O)O)C4CC4)c3)cc2C2=CCCC2(C)C)c1. The quantitative estimate of drug-likeness (QED) is 0.300. The van der Waals surface area contributed by atoms with Crippen LogP contribution in [0.1, 0.15) is 68.7 Å². The smallest absolute Gasteiger partial charge is 0.303 e. The molecule has 1 atom stereocenters. The number of hydrogen-bond acceptors (Lipinski definition) is 4. The number of halogens is 1. The number of pyridine rings is 1. The molecule has 0 amide bonds. The number of ether oxygens (including phenoxy) is 2. The predicted molar refractivity (Wildman–Crippen MR) is 146 cm³/mol. The fourth-order valence-corrected chi connectivity index (χ4v) is 5.55. The highest BCUT2D eigenvalue weighted by Gasteiger charge is 2.34. The largest absolute Gasteiger partial charge is 0.497 e. The number of aromatic nitrogens is 1. The molecule has 0 aliphatic heterocycles. The van der Waals surface area contributed by atoms with E-state index in [0.29, 0.717) is 23.0 Å². The number of carboxylic acids is 1. The van der Waals surface area contributed by atoms with Gasteiger partial charge in [0.25, 0.3) is 0 Å². The second-order valence-electron chi connectivity index (χ2n) is 11.0. The first-order chi connectivity index (χ1) is 18.2. The molecule has 0 spiro atoms. The van der Waals surface area contributed by atoms with Crippen LogP contribution in [0.2, 0.25) is 0 Å². The molecule has 1 aromatic heterocycles. The lowest BCUT2D eigenvalue weighted by molar-refractivity contribution is -0.137. The highest BCUT2D eigenvalue weighted by Crippen LogP contribution is 2.47. The molecule has 38 heavy (non-hydrogen) atoms. The normalized spacial score (nSPS) is 17.1. The Balaban J connectivity index is 1.44. The Morgan fingerprint density at radius 2 is 1.92 bits per heavy atom. The molecule has 3 aromatic rings. The molecule has 6 heteroatoms. The first-order valence-electron chi connectivity index (χ1n) is 13.2. The Labute approximate surface area is 223 Å². The van der Waals surface area contributed by atoms with Crippen molar-refractivity contribution in [3.05, 3.63) is 83.4 Å². The van der Waals surface area contributed by atoms with Gasteiger partial charge in [0, 0.05) is 17.3 Å². The molecule has 5 nitrogen and oxygen atoms in total. The molecule has 1 N–H and O–H groups in total. The lowest BCUT2D eigenvalue weighted by atomic mass is 9.80. The van der Waals surface area contributed by atoms with E-state index in [2.05, 4.69) is 24.9 Å². The average molecular weight is 516 g/mol. The van der Waals surface area contributed by atoms with Gasteiger partial charge in [0.15, 0.2) is 0 Å². The van der Waals surface area contributed by atoms with Crippen LogP contribution in [0.15, 0.2) is 60.8 Å². The Morgan fingerprint density at radius 3 is 2.61 bits per heavy atom. The molecule has 0 radical (unpaired) electrons. The highest BCUT2D eigenvalue weighted by molar-refractivity contribution is 5.84. The minimum atomic E-state index is -0.776. The fourth-order valence-electron chi connectivity index (χ4n) is 5.55. The van der Waals surface area contributed by atoms with Gasteiger partial charge in [-0.1, -0.05) is 32.1 Å². The van der Waals surface area contributed by atoms with Gasteiger partial charge in [0.05, 0.1) is 19.2 Å². The summed E-state index contributed by atoms with van der Waals surface area (Å²) in [6, 6.07) is 14.5. The monoisotopic (exact) mass is 515 g/mol. The average Bonchev–Trinajstić information content (AvgIpc) is 3.68. The molecule has 0 unspecified atom stereocenters. The highest BCUT2D eigenvalue weighted by atomic mass is 19.1. The number of carbonyl (C=O) groups is 1. The maximum atomic E-state index is 15.0. The number of methoxy groups -OCH3 is 1. The van der Waals surface area contributed by atoms with Crippen LogP contribution in [0.25, 0.3) is 16.7 Å². The summed E-state index contributed by atoms with van der Waals surface area (Å²) in [6.07, 6.45) is 8.25. The Bertz CT molecular complexity index is 1380. The maximum Gasteiger partial charge on any atom is 0.303 e. The van der Waals surface area contributed by atoms with Gasteiger partial charge in [-0.3, -0.25) is 9.78 Å². The van der Waals surface area contributed by atoms with Crippen molar-refractivity contribution < 1.29 is 23.8 Å². The summed E-state index contributed by atoms with van der Waals surface area (Å²) in [7, 11) is 1.57. The third-order valence-electron chi connectivity index (χ3n) is 7.82. The van der Waals surface area contributed by atoms with Gasteiger partial charge in [0.1, 0.15) is 23.9 Å². The van der Waals surface area contributed by atoms with Crippen molar-refractivity contribution in [1.82, 2.24) is 4.98 Å². The Morgan fingerprint density at radius 1 is 1.11 bits per heavy atom. The summed E-state index contributed by atoms with van der Waals surface area (Å²) in [4.78, 5) is 16.1. The zero-order chi connectivity index (χ0) is 26.9. The lowest BCUT2D eigenvalue weighted by Crippen LogP contribution is -2.11. The van der Waals surface area contributed by atoms with Crippen LogP contribution in [0.3, 0.4) is 0 Å². The van der Waals surface area contributed by atoms with Crippen LogP contribution >= 0.6 is 0 Å². The van der Waals surface area contributed by atoms with Gasteiger partial charge in [-0.15, -0.1) is 0 Å². The molecular weight excluding hydrogens is 481 g/mol. The Hall–Kier alpha value is -3.67. The molecule has 0 bridgehead atoms. The third kappa shape index (κ3) is 5.59. The van der Waals surface area contributed by atoms with Crippen molar-refractivity contribution in [3.63, 3.8) is 0 Å². The zero-order valence-corrected chi connectivity index (χ0v) is 22.2. The number of rotatable bonds is 10. The number of hydrogen-bond donors (Lipinski definition) is 1. The van der Waals surface area contributed by atoms with Crippen molar-refractivity contribution in [2.45, 2.75) is 58.5 Å². The molecule has 198 valence electrons. The molecule has 1 fully saturated rings. The number of aliphatic carboxylic acids is 1. The molecule has 2 aliphatic rings. The molecule has 0 saturated heterocycles. The first-order valence-corrected chi connectivity index (χ1v) is 13.2. The van der Waals surface area contributed by atoms with Crippen molar-refractivity contribution in [1.29, 1.82) is 0 Å². The molecular formula is C32H34FNO4. The number of benzene rings is 2. The van der Waals surface area contributed by atoms with Gasteiger partial charge in [-0.25, -0.2) is 4.39 Å². The lowest BCUT2D eigenvalue weighted by Gasteiger charge is -2.25. The van der Waals surface area contributed by atoms with E-state index < -0.39 is 5.97 Å². The number of allylic oxidation sites excluding steroid dienone is 2. The molecule has 1 saturated carbocycles. The van der Waals surface area contributed by atoms with Gasteiger partial charge in [-0.05, 0) is 96.0 Å². The van der Waals surface area contributed by atoms with E-state index in [0.717, 1.165) is 48.1 Å². The van der Waals surface area contributed by atoms with Crippen molar-refractivity contribution >= 4 is 11.5 Å². The minimum absolute atomic E-state index is 0.00866. The fraction of sp³-hybridized carbons (Fsp3) is 0.375. The van der Waals surface area contributed by atoms with Crippen LogP contribution in [-0.2, 0) is 11.4 Å². The summed E-state index contributed by atoms with van der Waals surface area (Å²) in [6.45, 7) is 4.68. The third-order valence-corrected chi connectivity index (χ3v) is 7.82. The van der Waals surface area contributed by atoms with Crippen molar-refractivity contribution in [2.24, 2.45) is 11.3 Å². The number of nitrogens with zero attached hydrogens (tertiary/aromatic N) is 1. The van der Waals surface area contributed by atoms with Crippen LogP contribution in [0.5, 0.6) is 11.5 Å². The van der Waals surface area contributed by atoms with Crippen LogP contribution in [-0.4, -0.2) is 23.2 Å². The molecule has 1 heterocycles. The Kier molecular flexibility index (Phi) is 7.24. The van der Waals surface area contributed by atoms with E-state index in [4.69, 9.17) is 9.47 Å². The topological polar surface area (TPSA) is 68.7 Å². The van der Waals surface area contributed by atoms with Crippen LogP contribution in [0.4, 0.5) is 4.39 Å².